The van der Waals surface area contributed by atoms with Crippen LogP contribution < -0.4 is 4.74 Å². The van der Waals surface area contributed by atoms with Crippen molar-refractivity contribution < 1.29 is 23.9 Å². The van der Waals surface area contributed by atoms with Crippen molar-refractivity contribution in [1.29, 1.82) is 0 Å². The maximum absolute atomic E-state index is 13.9. The molecule has 1 fully saturated rings. The number of Topliss-reactive ketones (excluding diaryl/α,β-unsaturated/α-hetero) is 1. The first kappa shape index (κ1) is 19.9. The second kappa shape index (κ2) is 6.76. The summed E-state index contributed by atoms with van der Waals surface area (Å²) in [4.78, 5) is 40.4. The van der Waals surface area contributed by atoms with E-state index in [1.165, 1.54) is 7.11 Å². The van der Waals surface area contributed by atoms with Crippen molar-refractivity contribution in [1.82, 2.24) is 0 Å². The maximum Gasteiger partial charge on any atom is 0.330 e. The first-order chi connectivity index (χ1) is 14.9. The van der Waals surface area contributed by atoms with Crippen LogP contribution in [-0.4, -0.2) is 24.8 Å². The van der Waals surface area contributed by atoms with E-state index < -0.39 is 28.7 Å². The molecular formula is C25H19BrO5. The van der Waals surface area contributed by atoms with E-state index in [-0.39, 0.29) is 5.78 Å². The second-order valence-corrected chi connectivity index (χ2v) is 8.90. The van der Waals surface area contributed by atoms with E-state index in [0.717, 1.165) is 20.8 Å². The Labute approximate surface area is 187 Å². The second-order valence-electron chi connectivity index (χ2n) is 7.98. The molecule has 2 aliphatic rings. The van der Waals surface area contributed by atoms with Crippen molar-refractivity contribution in [2.45, 2.75) is 19.3 Å². The molecule has 0 amide bonds. The number of carbonyl (C=O) groups excluding carboxylic acids is 3. The van der Waals surface area contributed by atoms with Gasteiger partial charge in [-0.3, -0.25) is 14.4 Å². The Bertz CT molecular complexity index is 1260. The van der Waals surface area contributed by atoms with Gasteiger partial charge in [0.1, 0.15) is 5.75 Å². The summed E-state index contributed by atoms with van der Waals surface area (Å²) in [6.45, 7) is 1.83. The van der Waals surface area contributed by atoms with Crippen LogP contribution in [0.1, 0.15) is 35.2 Å². The first-order valence-electron chi connectivity index (χ1n) is 10.1. The lowest BCUT2D eigenvalue weighted by Crippen LogP contribution is -2.40. The predicted octanol–water partition coefficient (Wildman–Crippen LogP) is 5.06. The molecule has 5 nitrogen and oxygen atoms in total. The molecule has 156 valence electrons. The van der Waals surface area contributed by atoms with E-state index in [9.17, 15) is 14.4 Å². The molecule has 1 aliphatic heterocycles. The van der Waals surface area contributed by atoms with Crippen molar-refractivity contribution in [3.63, 3.8) is 0 Å². The number of methoxy groups -OCH3 is 1. The van der Waals surface area contributed by atoms with Crippen molar-refractivity contribution in [2.24, 2.45) is 10.8 Å². The van der Waals surface area contributed by atoms with Gasteiger partial charge in [-0.25, -0.2) is 0 Å². The van der Waals surface area contributed by atoms with E-state index in [2.05, 4.69) is 15.9 Å². The highest BCUT2D eigenvalue weighted by molar-refractivity contribution is 9.10. The van der Waals surface area contributed by atoms with Crippen LogP contribution in [0.3, 0.4) is 0 Å². The maximum atomic E-state index is 13.9. The Morgan fingerprint density at radius 1 is 1.06 bits per heavy atom. The molecule has 0 saturated heterocycles. The highest BCUT2D eigenvalue weighted by Crippen LogP contribution is 2.80. The quantitative estimate of drug-likeness (QED) is 0.227. The largest absolute Gasteiger partial charge is 0.468 e. The molecular weight excluding hydrogens is 460 g/mol. The molecule has 3 aromatic carbocycles. The van der Waals surface area contributed by atoms with Crippen LogP contribution in [0.4, 0.5) is 0 Å². The average molecular weight is 479 g/mol. The van der Waals surface area contributed by atoms with Gasteiger partial charge in [0.15, 0.2) is 11.2 Å². The molecule has 3 aromatic rings. The van der Waals surface area contributed by atoms with Crippen molar-refractivity contribution >= 4 is 44.4 Å². The number of hydrogen-bond acceptors (Lipinski definition) is 5. The van der Waals surface area contributed by atoms with E-state index in [1.54, 1.807) is 30.3 Å². The number of carbonyl (C=O) groups is 3. The Kier molecular flexibility index (Phi) is 4.35. The predicted molar refractivity (Wildman–Crippen MR) is 118 cm³/mol. The number of ketones is 1. The number of fused-ring (bicyclic) bond motifs is 5. The molecule has 1 heterocycles. The number of halogens is 1. The third-order valence-electron chi connectivity index (χ3n) is 6.87. The fourth-order valence-corrected chi connectivity index (χ4v) is 5.76. The lowest BCUT2D eigenvalue weighted by molar-refractivity contribution is -0.160. The third-order valence-corrected chi connectivity index (χ3v) is 7.40. The molecule has 5 rings (SSSR count). The Morgan fingerprint density at radius 2 is 1.77 bits per heavy atom. The summed E-state index contributed by atoms with van der Waals surface area (Å²) in [7, 11) is 1.24. The summed E-state index contributed by atoms with van der Waals surface area (Å²) < 4.78 is 11.6. The van der Waals surface area contributed by atoms with Gasteiger partial charge < -0.3 is 9.47 Å². The van der Waals surface area contributed by atoms with Gasteiger partial charge in [-0.05, 0) is 35.4 Å². The minimum atomic E-state index is -1.70. The standard InChI is InChI=1S/C25H19BrO5/c1-3-24(21(27)15-8-11-16(26)12-9-15)20-19-17-7-5-4-6-14(17)10-13-18(19)31-23(29)25(20,24)22(28)30-2/h4-13,20H,3H2,1-2H3/t20-,24-,25-/m1/s1. The number of hydrogen-bond donors (Lipinski definition) is 0. The summed E-state index contributed by atoms with van der Waals surface area (Å²) in [5.41, 5.74) is -1.81. The molecule has 0 N–H and O–H groups in total. The van der Waals surface area contributed by atoms with Gasteiger partial charge in [-0.1, -0.05) is 65.3 Å². The van der Waals surface area contributed by atoms with Gasteiger partial charge in [0.05, 0.1) is 12.5 Å². The SMILES string of the molecule is CC[C@]1(C(=O)c2ccc(Br)cc2)[C@H]2c3c(ccc4ccccc34)OC(=O)[C@]21C(=O)OC. The fraction of sp³-hybridized carbons (Fsp3) is 0.240. The van der Waals surface area contributed by atoms with Crippen LogP contribution in [-0.2, 0) is 14.3 Å². The van der Waals surface area contributed by atoms with Crippen molar-refractivity contribution in [3.8, 4) is 5.75 Å². The molecule has 0 spiro atoms. The molecule has 31 heavy (non-hydrogen) atoms. The van der Waals surface area contributed by atoms with Crippen LogP contribution in [0, 0.1) is 10.8 Å². The Morgan fingerprint density at radius 3 is 2.45 bits per heavy atom. The van der Waals surface area contributed by atoms with Crippen molar-refractivity contribution in [3.05, 3.63) is 76.3 Å². The fourth-order valence-electron chi connectivity index (χ4n) is 5.50. The van der Waals surface area contributed by atoms with Gasteiger partial charge in [-0.15, -0.1) is 0 Å². The van der Waals surface area contributed by atoms with Crippen LogP contribution in [0.15, 0.2) is 65.1 Å². The summed E-state index contributed by atoms with van der Waals surface area (Å²) in [6, 6.07) is 18.3. The lowest BCUT2D eigenvalue weighted by Gasteiger charge is -2.23. The molecule has 1 aliphatic carbocycles. The Hall–Kier alpha value is -2.99. The third kappa shape index (κ3) is 2.34. The molecule has 1 saturated carbocycles. The molecule has 0 radical (unpaired) electrons. The van der Waals surface area contributed by atoms with Gasteiger partial charge in [0, 0.05) is 21.5 Å². The zero-order valence-electron chi connectivity index (χ0n) is 17.0. The monoisotopic (exact) mass is 478 g/mol. The van der Waals surface area contributed by atoms with Crippen LogP contribution in [0.2, 0.25) is 0 Å². The summed E-state index contributed by atoms with van der Waals surface area (Å²) in [5, 5.41) is 1.82. The summed E-state index contributed by atoms with van der Waals surface area (Å²) in [6.07, 6.45) is 0.291. The summed E-state index contributed by atoms with van der Waals surface area (Å²) >= 11 is 3.38. The Balaban J connectivity index is 1.81. The van der Waals surface area contributed by atoms with E-state index in [4.69, 9.17) is 9.47 Å². The highest BCUT2D eigenvalue weighted by atomic mass is 79.9. The number of benzene rings is 3. The molecule has 6 heteroatoms. The van der Waals surface area contributed by atoms with Gasteiger partial charge in [0.2, 0.25) is 0 Å². The topological polar surface area (TPSA) is 69.7 Å². The highest BCUT2D eigenvalue weighted by Gasteiger charge is 2.90. The molecule has 0 unspecified atom stereocenters. The smallest absolute Gasteiger partial charge is 0.330 e. The number of rotatable bonds is 4. The number of esters is 2. The molecule has 0 aromatic heterocycles. The zero-order valence-corrected chi connectivity index (χ0v) is 18.6. The minimum absolute atomic E-state index is 0.254. The van der Waals surface area contributed by atoms with Gasteiger partial charge >= 0.3 is 11.9 Å². The summed E-state index contributed by atoms with van der Waals surface area (Å²) in [5.74, 6) is -1.97. The van der Waals surface area contributed by atoms with E-state index >= 15 is 0 Å². The van der Waals surface area contributed by atoms with Crippen LogP contribution in [0.5, 0.6) is 5.75 Å². The first-order valence-corrected chi connectivity index (χ1v) is 10.9. The van der Waals surface area contributed by atoms with Crippen LogP contribution >= 0.6 is 15.9 Å². The molecule has 0 bridgehead atoms. The van der Waals surface area contributed by atoms with E-state index in [0.29, 0.717) is 17.7 Å². The van der Waals surface area contributed by atoms with Gasteiger partial charge in [-0.2, -0.15) is 0 Å². The normalized spacial score (nSPS) is 25.9. The minimum Gasteiger partial charge on any atom is -0.468 e. The number of ether oxygens (including phenoxy) is 2. The van der Waals surface area contributed by atoms with Crippen LogP contribution in [0.25, 0.3) is 10.8 Å². The van der Waals surface area contributed by atoms with E-state index in [1.807, 2.05) is 37.3 Å². The zero-order chi connectivity index (χ0) is 22.0. The van der Waals surface area contributed by atoms with Gasteiger partial charge in [0.25, 0.3) is 0 Å². The van der Waals surface area contributed by atoms with Crippen molar-refractivity contribution in [2.75, 3.05) is 7.11 Å². The lowest BCUT2D eigenvalue weighted by atomic mass is 9.83. The average Bonchev–Trinajstić information content (AvgIpc) is 3.44. The molecule has 3 atom stereocenters.